The quantitative estimate of drug-likeness (QED) is 0.850. The zero-order valence-electron chi connectivity index (χ0n) is 15.0. The summed E-state index contributed by atoms with van der Waals surface area (Å²) < 4.78 is 28.4. The van der Waals surface area contributed by atoms with Crippen molar-refractivity contribution < 1.29 is 23.7 Å². The molecule has 1 unspecified atom stereocenters. The minimum absolute atomic E-state index is 0.0316. The van der Waals surface area contributed by atoms with Gasteiger partial charge in [-0.15, -0.1) is 0 Å². The molecule has 0 aromatic heterocycles. The van der Waals surface area contributed by atoms with E-state index in [1.165, 1.54) is 11.1 Å². The molecule has 5 heteroatoms. The zero-order chi connectivity index (χ0) is 17.6. The lowest BCUT2D eigenvalue weighted by atomic mass is 9.79. The Bertz CT molecular complexity index is 828. The Morgan fingerprint density at radius 2 is 1.52 bits per heavy atom. The third-order valence-electron chi connectivity index (χ3n) is 5.09. The van der Waals surface area contributed by atoms with E-state index >= 15 is 0 Å². The van der Waals surface area contributed by atoms with E-state index in [1.807, 2.05) is 12.1 Å². The Kier molecular flexibility index (Phi) is 3.96. The van der Waals surface area contributed by atoms with Crippen LogP contribution in [0.1, 0.15) is 22.8 Å². The van der Waals surface area contributed by atoms with Gasteiger partial charge in [0.05, 0.1) is 41.2 Å². The third-order valence-corrected chi connectivity index (χ3v) is 5.09. The zero-order valence-corrected chi connectivity index (χ0v) is 15.0. The van der Waals surface area contributed by atoms with Crippen LogP contribution in [0.4, 0.5) is 0 Å². The summed E-state index contributed by atoms with van der Waals surface area (Å²) in [6, 6.07) is 6.14. The van der Waals surface area contributed by atoms with Crippen LogP contribution >= 0.6 is 0 Å². The van der Waals surface area contributed by atoms with Crippen LogP contribution in [-0.4, -0.2) is 35.0 Å². The molecule has 0 amide bonds. The lowest BCUT2D eigenvalue weighted by Crippen LogP contribution is -2.23. The molecule has 2 aromatic rings. The van der Waals surface area contributed by atoms with Gasteiger partial charge in [-0.2, -0.15) is 0 Å². The summed E-state index contributed by atoms with van der Waals surface area (Å²) >= 11 is 0. The number of hydrogen-bond acceptors (Lipinski definition) is 5. The highest BCUT2D eigenvalue weighted by molar-refractivity contribution is 5.84. The molecule has 2 aliphatic rings. The number of fused-ring (bicyclic) bond motifs is 2. The van der Waals surface area contributed by atoms with Crippen molar-refractivity contribution in [3.63, 3.8) is 0 Å². The van der Waals surface area contributed by atoms with Gasteiger partial charge < -0.3 is 23.7 Å². The second-order valence-corrected chi connectivity index (χ2v) is 6.24. The molecule has 132 valence electrons. The molecule has 1 atom stereocenters. The Morgan fingerprint density at radius 1 is 0.840 bits per heavy atom. The predicted molar refractivity (Wildman–Crippen MR) is 94.2 cm³/mol. The summed E-state index contributed by atoms with van der Waals surface area (Å²) in [6.07, 6.45) is 1.72. The van der Waals surface area contributed by atoms with Gasteiger partial charge in [-0.1, -0.05) is 0 Å². The Hall–Kier alpha value is -2.40. The molecule has 1 aliphatic heterocycles. The SMILES string of the molecule is COc1cc2c(cc1OC)-c1c(OC)c(OC)cc3c1C(C2)OCC3. The average Bonchev–Trinajstić information content (AvgIpc) is 2.66. The van der Waals surface area contributed by atoms with Crippen molar-refractivity contribution >= 4 is 0 Å². The van der Waals surface area contributed by atoms with Crippen molar-refractivity contribution in [2.75, 3.05) is 35.0 Å². The molecule has 0 fully saturated rings. The lowest BCUT2D eigenvalue weighted by Gasteiger charge is -2.35. The first kappa shape index (κ1) is 16.1. The van der Waals surface area contributed by atoms with Gasteiger partial charge in [0.15, 0.2) is 23.0 Å². The summed E-state index contributed by atoms with van der Waals surface area (Å²) in [5.41, 5.74) is 5.78. The lowest BCUT2D eigenvalue weighted by molar-refractivity contribution is 0.0417. The van der Waals surface area contributed by atoms with E-state index in [2.05, 4.69) is 6.07 Å². The van der Waals surface area contributed by atoms with E-state index in [0.717, 1.165) is 53.4 Å². The average molecular weight is 342 g/mol. The summed E-state index contributed by atoms with van der Waals surface area (Å²) in [5.74, 6) is 2.92. The van der Waals surface area contributed by atoms with Crippen LogP contribution in [0.15, 0.2) is 18.2 Å². The van der Waals surface area contributed by atoms with Gasteiger partial charge in [-0.3, -0.25) is 0 Å². The van der Waals surface area contributed by atoms with Gasteiger partial charge in [0, 0.05) is 12.0 Å². The van der Waals surface area contributed by atoms with Crippen LogP contribution in [0.3, 0.4) is 0 Å². The maximum Gasteiger partial charge on any atom is 0.168 e. The first-order chi connectivity index (χ1) is 12.2. The molecule has 4 rings (SSSR count). The smallest absolute Gasteiger partial charge is 0.168 e. The Morgan fingerprint density at radius 3 is 2.20 bits per heavy atom. The standard InChI is InChI=1S/C20H22O5/c1-21-14-8-12-9-16-18-11(5-6-25-16)7-17(23-3)20(24-4)19(18)13(12)10-15(14)22-2/h7-8,10,16H,5-6,9H2,1-4H3. The highest BCUT2D eigenvalue weighted by Gasteiger charge is 2.35. The normalized spacial score (nSPS) is 17.4. The fourth-order valence-electron chi connectivity index (χ4n) is 3.98. The highest BCUT2D eigenvalue weighted by Crippen LogP contribution is 2.53. The summed E-state index contributed by atoms with van der Waals surface area (Å²) in [6.45, 7) is 0.717. The van der Waals surface area contributed by atoms with Gasteiger partial charge in [0.2, 0.25) is 0 Å². The largest absolute Gasteiger partial charge is 0.493 e. The highest BCUT2D eigenvalue weighted by atomic mass is 16.5. The van der Waals surface area contributed by atoms with Crippen LogP contribution < -0.4 is 18.9 Å². The van der Waals surface area contributed by atoms with Crippen molar-refractivity contribution in [2.45, 2.75) is 18.9 Å². The van der Waals surface area contributed by atoms with E-state index in [4.69, 9.17) is 23.7 Å². The molecular weight excluding hydrogens is 320 g/mol. The van der Waals surface area contributed by atoms with Gasteiger partial charge >= 0.3 is 0 Å². The molecule has 0 bridgehead atoms. The molecule has 0 N–H and O–H groups in total. The van der Waals surface area contributed by atoms with Crippen molar-refractivity contribution in [3.05, 3.63) is 34.9 Å². The van der Waals surface area contributed by atoms with Crippen molar-refractivity contribution in [3.8, 4) is 34.1 Å². The van der Waals surface area contributed by atoms with Crippen molar-refractivity contribution in [1.82, 2.24) is 0 Å². The third kappa shape index (κ3) is 2.34. The molecule has 0 saturated heterocycles. The fraction of sp³-hybridized carbons (Fsp3) is 0.400. The second kappa shape index (κ2) is 6.15. The fourth-order valence-corrected chi connectivity index (χ4v) is 3.98. The van der Waals surface area contributed by atoms with Crippen LogP contribution in [0.5, 0.6) is 23.0 Å². The van der Waals surface area contributed by atoms with E-state index in [-0.39, 0.29) is 6.10 Å². The predicted octanol–water partition coefficient (Wildman–Crippen LogP) is 3.56. The maximum atomic E-state index is 6.08. The topological polar surface area (TPSA) is 46.2 Å². The van der Waals surface area contributed by atoms with Crippen LogP contribution in [0, 0.1) is 0 Å². The molecule has 0 radical (unpaired) electrons. The Labute approximate surface area is 147 Å². The van der Waals surface area contributed by atoms with E-state index in [1.54, 1.807) is 28.4 Å². The monoisotopic (exact) mass is 342 g/mol. The summed E-state index contributed by atoms with van der Waals surface area (Å²) in [7, 11) is 6.65. The van der Waals surface area contributed by atoms with Crippen LogP contribution in [-0.2, 0) is 17.6 Å². The molecular formula is C20H22O5. The molecule has 2 aromatic carbocycles. The number of rotatable bonds is 4. The van der Waals surface area contributed by atoms with E-state index in [9.17, 15) is 0 Å². The first-order valence-corrected chi connectivity index (χ1v) is 8.36. The van der Waals surface area contributed by atoms with Crippen LogP contribution in [0.2, 0.25) is 0 Å². The number of ether oxygens (including phenoxy) is 5. The minimum atomic E-state index is 0.0316. The van der Waals surface area contributed by atoms with E-state index < -0.39 is 0 Å². The van der Waals surface area contributed by atoms with Gasteiger partial charge in [-0.05, 0) is 46.9 Å². The van der Waals surface area contributed by atoms with Crippen molar-refractivity contribution in [2.24, 2.45) is 0 Å². The molecule has 1 heterocycles. The number of benzene rings is 2. The van der Waals surface area contributed by atoms with E-state index in [0.29, 0.717) is 5.75 Å². The Balaban J connectivity index is 2.05. The molecule has 0 saturated carbocycles. The molecule has 1 aliphatic carbocycles. The van der Waals surface area contributed by atoms with Crippen LogP contribution in [0.25, 0.3) is 11.1 Å². The van der Waals surface area contributed by atoms with Gasteiger partial charge in [0.1, 0.15) is 0 Å². The van der Waals surface area contributed by atoms with Gasteiger partial charge in [-0.25, -0.2) is 0 Å². The maximum absolute atomic E-state index is 6.08. The molecule has 5 nitrogen and oxygen atoms in total. The van der Waals surface area contributed by atoms with Gasteiger partial charge in [0.25, 0.3) is 0 Å². The first-order valence-electron chi connectivity index (χ1n) is 8.36. The molecule has 0 spiro atoms. The van der Waals surface area contributed by atoms with Crippen molar-refractivity contribution in [1.29, 1.82) is 0 Å². The number of methoxy groups -OCH3 is 4. The summed E-state index contributed by atoms with van der Waals surface area (Å²) in [4.78, 5) is 0. The molecule has 25 heavy (non-hydrogen) atoms. The number of hydrogen-bond donors (Lipinski definition) is 0. The second-order valence-electron chi connectivity index (χ2n) is 6.24. The minimum Gasteiger partial charge on any atom is -0.493 e. The summed E-state index contributed by atoms with van der Waals surface area (Å²) in [5, 5.41) is 0.